The predicted molar refractivity (Wildman–Crippen MR) is 70.8 cm³/mol. The molecule has 0 radical (unpaired) electrons. The van der Waals surface area contributed by atoms with Crippen LogP contribution in [0, 0.1) is 21.4 Å². The van der Waals surface area contributed by atoms with Gasteiger partial charge in [0.1, 0.15) is 17.4 Å². The minimum absolute atomic E-state index is 0.0308. The summed E-state index contributed by atoms with van der Waals surface area (Å²) in [6.07, 6.45) is 0. The summed E-state index contributed by atoms with van der Waals surface area (Å²) in [4.78, 5) is 20.8. The van der Waals surface area contributed by atoms with Crippen LogP contribution in [0.4, 0.5) is 11.4 Å². The Bertz CT molecular complexity index is 745. The Kier molecular flexibility index (Phi) is 3.85. The summed E-state index contributed by atoms with van der Waals surface area (Å²) in [6, 6.07) is 8.65. The minimum Gasteiger partial charge on any atom is -0.475 e. The highest BCUT2D eigenvalue weighted by atomic mass is 16.6. The van der Waals surface area contributed by atoms with E-state index >= 15 is 0 Å². The van der Waals surface area contributed by atoms with E-state index in [2.05, 4.69) is 5.32 Å². The molecule has 8 heteroatoms. The molecule has 1 aromatic heterocycles. The van der Waals surface area contributed by atoms with Crippen molar-refractivity contribution in [1.82, 2.24) is 0 Å². The molecule has 0 atom stereocenters. The van der Waals surface area contributed by atoms with Crippen LogP contribution in [0.5, 0.6) is 0 Å². The number of nitrogens with one attached hydrogen (secondary N) is 1. The first-order chi connectivity index (χ1) is 10.0. The first kappa shape index (κ1) is 14.1. The lowest BCUT2D eigenvalue weighted by Crippen LogP contribution is -2.00. The number of nitro benzene ring substituents is 1. The highest BCUT2D eigenvalue weighted by Crippen LogP contribution is 2.23. The Morgan fingerprint density at radius 2 is 2.19 bits per heavy atom. The van der Waals surface area contributed by atoms with Crippen LogP contribution >= 0.6 is 0 Å². The molecule has 2 rings (SSSR count). The SMILES string of the molecule is N#Cc1ccc(NCc2ccc(C(=O)O)o2)cc1[N+](=O)[O-]. The molecule has 21 heavy (non-hydrogen) atoms. The number of benzene rings is 1. The fourth-order valence-electron chi connectivity index (χ4n) is 1.66. The number of aromatic carboxylic acids is 1. The van der Waals surface area contributed by atoms with Gasteiger partial charge in [-0.1, -0.05) is 0 Å². The smallest absolute Gasteiger partial charge is 0.371 e. The summed E-state index contributed by atoms with van der Waals surface area (Å²) < 4.78 is 5.04. The quantitative estimate of drug-likeness (QED) is 0.637. The van der Waals surface area contributed by atoms with Gasteiger partial charge in [-0.15, -0.1) is 0 Å². The Morgan fingerprint density at radius 1 is 1.43 bits per heavy atom. The number of carbonyl (C=O) groups is 1. The third-order valence-corrected chi connectivity index (χ3v) is 2.65. The highest BCUT2D eigenvalue weighted by molar-refractivity contribution is 5.84. The zero-order valence-electron chi connectivity index (χ0n) is 10.6. The maximum Gasteiger partial charge on any atom is 0.371 e. The van der Waals surface area contributed by atoms with Crippen molar-refractivity contribution in [3.63, 3.8) is 0 Å². The Labute approximate surface area is 118 Å². The zero-order valence-corrected chi connectivity index (χ0v) is 10.6. The van der Waals surface area contributed by atoms with Gasteiger partial charge < -0.3 is 14.8 Å². The molecule has 0 fully saturated rings. The van der Waals surface area contributed by atoms with E-state index in [0.29, 0.717) is 11.4 Å². The van der Waals surface area contributed by atoms with E-state index < -0.39 is 10.9 Å². The lowest BCUT2D eigenvalue weighted by Gasteiger charge is -2.04. The molecule has 0 aliphatic carbocycles. The minimum atomic E-state index is -1.17. The van der Waals surface area contributed by atoms with Crippen LogP contribution in [-0.4, -0.2) is 16.0 Å². The number of rotatable bonds is 5. The number of hydrogen-bond donors (Lipinski definition) is 2. The van der Waals surface area contributed by atoms with E-state index in [0.717, 1.165) is 0 Å². The molecular weight excluding hydrogens is 278 g/mol. The summed E-state index contributed by atoms with van der Waals surface area (Å²) in [6.45, 7) is 0.163. The van der Waals surface area contributed by atoms with Crippen LogP contribution in [0.1, 0.15) is 21.9 Å². The molecule has 0 amide bonds. The Balaban J connectivity index is 2.13. The van der Waals surface area contributed by atoms with Gasteiger partial charge in [0, 0.05) is 11.8 Å². The van der Waals surface area contributed by atoms with E-state index in [-0.39, 0.29) is 23.6 Å². The van der Waals surface area contributed by atoms with Gasteiger partial charge >= 0.3 is 5.97 Å². The second-order valence-electron chi connectivity index (χ2n) is 4.03. The molecule has 2 aromatic rings. The monoisotopic (exact) mass is 287 g/mol. The van der Waals surface area contributed by atoms with Crippen molar-refractivity contribution in [2.24, 2.45) is 0 Å². The largest absolute Gasteiger partial charge is 0.475 e. The van der Waals surface area contributed by atoms with E-state index in [9.17, 15) is 14.9 Å². The fourth-order valence-corrected chi connectivity index (χ4v) is 1.66. The van der Waals surface area contributed by atoms with E-state index in [1.165, 1.54) is 30.3 Å². The maximum atomic E-state index is 10.8. The third kappa shape index (κ3) is 3.16. The molecule has 0 spiro atoms. The molecular formula is C13H9N3O5. The first-order valence-corrected chi connectivity index (χ1v) is 5.75. The van der Waals surface area contributed by atoms with Crippen LogP contribution in [-0.2, 0) is 6.54 Å². The average molecular weight is 287 g/mol. The van der Waals surface area contributed by atoms with E-state index in [1.54, 1.807) is 6.07 Å². The lowest BCUT2D eigenvalue weighted by molar-refractivity contribution is -0.385. The number of hydrogen-bond acceptors (Lipinski definition) is 6. The molecule has 2 N–H and O–H groups in total. The summed E-state index contributed by atoms with van der Waals surface area (Å²) in [5.74, 6) is -0.979. The molecule has 0 saturated carbocycles. The molecule has 0 unspecified atom stereocenters. The normalized spacial score (nSPS) is 9.86. The van der Waals surface area contributed by atoms with Gasteiger partial charge in [-0.3, -0.25) is 10.1 Å². The second-order valence-corrected chi connectivity index (χ2v) is 4.03. The highest BCUT2D eigenvalue weighted by Gasteiger charge is 2.14. The number of furan rings is 1. The van der Waals surface area contributed by atoms with Gasteiger partial charge in [0.2, 0.25) is 5.76 Å². The number of nitrogens with zero attached hydrogens (tertiary/aromatic N) is 2. The van der Waals surface area contributed by atoms with Crippen LogP contribution in [0.15, 0.2) is 34.7 Å². The summed E-state index contributed by atoms with van der Waals surface area (Å²) >= 11 is 0. The first-order valence-electron chi connectivity index (χ1n) is 5.75. The number of carboxylic acids is 1. The van der Waals surface area contributed by atoms with Crippen molar-refractivity contribution in [2.75, 3.05) is 5.32 Å². The van der Waals surface area contributed by atoms with Gasteiger partial charge in [0.25, 0.3) is 5.69 Å². The predicted octanol–water partition coefficient (Wildman–Crippen LogP) is 2.37. The van der Waals surface area contributed by atoms with Crippen LogP contribution in [0.3, 0.4) is 0 Å². The molecule has 0 aliphatic rings. The number of nitriles is 1. The van der Waals surface area contributed by atoms with Crippen molar-refractivity contribution in [3.8, 4) is 6.07 Å². The Morgan fingerprint density at radius 3 is 2.76 bits per heavy atom. The van der Waals surface area contributed by atoms with Gasteiger partial charge in [-0.25, -0.2) is 4.79 Å². The number of carboxylic acid groups (broad SMARTS) is 1. The Hall–Kier alpha value is -3.34. The fraction of sp³-hybridized carbons (Fsp3) is 0.0769. The summed E-state index contributed by atoms with van der Waals surface area (Å²) in [7, 11) is 0. The molecule has 0 bridgehead atoms. The summed E-state index contributed by atoms with van der Waals surface area (Å²) in [5, 5.41) is 31.2. The average Bonchev–Trinajstić information content (AvgIpc) is 2.94. The zero-order chi connectivity index (χ0) is 15.4. The van der Waals surface area contributed by atoms with Crippen molar-refractivity contribution in [3.05, 3.63) is 57.5 Å². The van der Waals surface area contributed by atoms with Crippen LogP contribution in [0.25, 0.3) is 0 Å². The molecule has 106 valence electrons. The third-order valence-electron chi connectivity index (χ3n) is 2.65. The number of nitro groups is 1. The molecule has 1 heterocycles. The second kappa shape index (κ2) is 5.75. The number of anilines is 1. The standard InChI is InChI=1S/C13H9N3O5/c14-6-8-1-2-9(5-11(8)16(19)20)15-7-10-3-4-12(21-10)13(17)18/h1-5,15H,7H2,(H,17,18). The maximum absolute atomic E-state index is 10.8. The van der Waals surface area contributed by atoms with Gasteiger partial charge in [0.05, 0.1) is 11.5 Å². The topological polar surface area (TPSA) is 129 Å². The van der Waals surface area contributed by atoms with Crippen molar-refractivity contribution >= 4 is 17.3 Å². The van der Waals surface area contributed by atoms with E-state index in [1.807, 2.05) is 0 Å². The van der Waals surface area contributed by atoms with Crippen LogP contribution < -0.4 is 5.32 Å². The molecule has 0 aliphatic heterocycles. The van der Waals surface area contributed by atoms with Gasteiger partial charge in [-0.05, 0) is 24.3 Å². The molecule has 1 aromatic carbocycles. The van der Waals surface area contributed by atoms with Crippen molar-refractivity contribution < 1.29 is 19.2 Å². The molecule has 0 saturated heterocycles. The van der Waals surface area contributed by atoms with Crippen LogP contribution in [0.2, 0.25) is 0 Å². The molecule has 8 nitrogen and oxygen atoms in total. The summed E-state index contributed by atoms with van der Waals surface area (Å²) in [5.41, 5.74) is 0.0962. The van der Waals surface area contributed by atoms with E-state index in [4.69, 9.17) is 14.8 Å². The van der Waals surface area contributed by atoms with Gasteiger partial charge in [-0.2, -0.15) is 5.26 Å². The van der Waals surface area contributed by atoms with Crippen molar-refractivity contribution in [1.29, 1.82) is 5.26 Å². The van der Waals surface area contributed by atoms with Crippen molar-refractivity contribution in [2.45, 2.75) is 6.54 Å². The lowest BCUT2D eigenvalue weighted by atomic mass is 10.2. The van der Waals surface area contributed by atoms with Gasteiger partial charge in [0.15, 0.2) is 0 Å².